The van der Waals surface area contributed by atoms with E-state index < -0.39 is 23.1 Å². The molecule has 0 heterocycles. The first-order chi connectivity index (χ1) is 20.6. The zero-order valence-corrected chi connectivity index (χ0v) is 27.4. The minimum atomic E-state index is -0.496. The molecule has 0 aliphatic carbocycles. The molecule has 0 radical (unpaired) electrons. The molecule has 218 valence electrons. The average Bonchev–Trinajstić information content (AvgIpc) is 3.02. The Morgan fingerprint density at radius 1 is 0.465 bits per heavy atom. The van der Waals surface area contributed by atoms with E-state index in [0.717, 1.165) is 20.1 Å². The highest BCUT2D eigenvalue weighted by molar-refractivity contribution is 9.10. The Morgan fingerprint density at radius 2 is 0.674 bits per heavy atom. The van der Waals surface area contributed by atoms with E-state index in [2.05, 4.69) is 38.4 Å². The molecule has 4 nitrogen and oxygen atoms in total. The molecule has 0 fully saturated rings. The first kappa shape index (κ1) is 34.9. The molecule has 0 N–H and O–H groups in total. The van der Waals surface area contributed by atoms with Gasteiger partial charge in [-0.05, 0) is 80.4 Å². The van der Waals surface area contributed by atoms with Crippen molar-refractivity contribution in [1.82, 2.24) is 0 Å². The smallest absolute Gasteiger partial charge is 0.233 e. The molecule has 6 heteroatoms. The third-order valence-electron chi connectivity index (χ3n) is 5.69. The van der Waals surface area contributed by atoms with E-state index >= 15 is 0 Å². The maximum absolute atomic E-state index is 12.2. The number of ketones is 4. The van der Waals surface area contributed by atoms with Gasteiger partial charge in [0.2, 0.25) is 23.1 Å². The second-order valence-electron chi connectivity index (χ2n) is 8.98. The summed E-state index contributed by atoms with van der Waals surface area (Å²) in [5.74, 6) is -1.95. The van der Waals surface area contributed by atoms with Crippen molar-refractivity contribution in [3.63, 3.8) is 0 Å². The van der Waals surface area contributed by atoms with Crippen LogP contribution in [0, 0.1) is 0 Å². The van der Waals surface area contributed by atoms with Crippen LogP contribution in [0.1, 0.15) is 73.3 Å². The van der Waals surface area contributed by atoms with Crippen LogP contribution in [0.4, 0.5) is 0 Å². The number of carbonyl (C=O) groups excluding carboxylic acids is 4. The minimum absolute atomic E-state index is 0.395. The number of hydrogen-bond donors (Lipinski definition) is 0. The van der Waals surface area contributed by atoms with Crippen LogP contribution < -0.4 is 0 Å². The van der Waals surface area contributed by atoms with Crippen molar-refractivity contribution in [2.24, 2.45) is 0 Å². The highest BCUT2D eigenvalue weighted by atomic mass is 79.9. The summed E-state index contributed by atoms with van der Waals surface area (Å²) in [6.45, 7) is 9.11. The van der Waals surface area contributed by atoms with Crippen LogP contribution >= 0.6 is 31.9 Å². The molecule has 0 saturated carbocycles. The van der Waals surface area contributed by atoms with E-state index in [9.17, 15) is 19.2 Å². The molecule has 0 saturated heterocycles. The zero-order chi connectivity index (χ0) is 31.8. The van der Waals surface area contributed by atoms with Crippen LogP contribution in [0.3, 0.4) is 0 Å². The van der Waals surface area contributed by atoms with Gasteiger partial charge in [-0.15, -0.1) is 6.58 Å². The molecule has 0 aromatic heterocycles. The second-order valence-corrected chi connectivity index (χ2v) is 10.8. The van der Waals surface area contributed by atoms with Crippen molar-refractivity contribution in [3.8, 4) is 0 Å². The van der Waals surface area contributed by atoms with Gasteiger partial charge < -0.3 is 0 Å². The van der Waals surface area contributed by atoms with Crippen LogP contribution in [0.15, 0.2) is 131 Å². The number of benzene rings is 4. The largest absolute Gasteiger partial charge is 0.285 e. The van der Waals surface area contributed by atoms with Gasteiger partial charge in [0, 0.05) is 31.2 Å². The molecule has 0 spiro atoms. The van der Waals surface area contributed by atoms with Crippen molar-refractivity contribution in [3.05, 3.63) is 164 Å². The Labute approximate surface area is 270 Å². The van der Waals surface area contributed by atoms with Gasteiger partial charge in [0.1, 0.15) is 0 Å². The van der Waals surface area contributed by atoms with E-state index in [1.807, 2.05) is 69.3 Å². The lowest BCUT2D eigenvalue weighted by atomic mass is 9.99. The molecule has 43 heavy (non-hydrogen) atoms. The first-order valence-corrected chi connectivity index (χ1v) is 15.0. The summed E-state index contributed by atoms with van der Waals surface area (Å²) in [5.41, 5.74) is 3.62. The zero-order valence-electron chi connectivity index (χ0n) is 24.2. The predicted molar refractivity (Wildman–Crippen MR) is 184 cm³/mol. The summed E-state index contributed by atoms with van der Waals surface area (Å²) in [7, 11) is 0. The summed E-state index contributed by atoms with van der Waals surface area (Å²) >= 11 is 6.57. The Kier molecular flexibility index (Phi) is 14.9. The van der Waals surface area contributed by atoms with Crippen molar-refractivity contribution in [2.45, 2.75) is 20.8 Å². The van der Waals surface area contributed by atoms with Crippen LogP contribution in [-0.2, 0) is 0 Å². The van der Waals surface area contributed by atoms with Gasteiger partial charge in [-0.1, -0.05) is 111 Å². The summed E-state index contributed by atoms with van der Waals surface area (Å²) in [5, 5.41) is 0. The quantitative estimate of drug-likeness (QED) is 0.104. The fourth-order valence-corrected chi connectivity index (χ4v) is 4.13. The van der Waals surface area contributed by atoms with Gasteiger partial charge in [0.05, 0.1) is 0 Å². The van der Waals surface area contributed by atoms with Crippen molar-refractivity contribution >= 4 is 67.1 Å². The molecule has 0 bridgehead atoms. The third kappa shape index (κ3) is 11.2. The monoisotopic (exact) mass is 698 g/mol. The average molecular weight is 700 g/mol. The fourth-order valence-electron chi connectivity index (χ4n) is 3.60. The SMILES string of the molecule is C/C=C/c1ccc(C(=O)C(=O)c2ccc(/C=C/C)cc2)cc1.C=CC.O=C(C(=O)c1ccc(Br)cc1)c1ccc(Br)cc1. The van der Waals surface area contributed by atoms with Crippen LogP contribution in [0.5, 0.6) is 0 Å². The lowest BCUT2D eigenvalue weighted by molar-refractivity contribution is 0.0817. The minimum Gasteiger partial charge on any atom is -0.285 e. The van der Waals surface area contributed by atoms with Crippen molar-refractivity contribution in [2.75, 3.05) is 0 Å². The fraction of sp³-hybridized carbons (Fsp3) is 0.0811. The Hall–Kier alpha value is -4.26. The Balaban J connectivity index is 0.000000279. The number of rotatable bonds is 8. The van der Waals surface area contributed by atoms with E-state index in [1.165, 1.54) is 0 Å². The standard InChI is InChI=1S/C20H18O2.C14H8Br2O2.C3H6/c1-3-5-15-7-11-17(12-8-15)19(21)20(22)18-13-9-16(6-4-2)10-14-18;15-11-5-1-9(2-6-11)13(17)14(18)10-3-7-12(16)8-4-10;1-3-2/h3-14H,1-2H3;1-8H;3H,1H2,2H3/b5-3+,6-4+;;. The lowest BCUT2D eigenvalue weighted by Gasteiger charge is -2.02. The molecular formula is C37H32Br2O4. The molecule has 0 aliphatic rings. The number of carbonyl (C=O) groups is 4. The van der Waals surface area contributed by atoms with Crippen molar-refractivity contribution in [1.29, 1.82) is 0 Å². The summed E-state index contributed by atoms with van der Waals surface area (Å²) in [6, 6.07) is 27.5. The Bertz CT molecular complexity index is 1470. The maximum atomic E-state index is 12.2. The summed E-state index contributed by atoms with van der Waals surface area (Å²) in [4.78, 5) is 48.4. The van der Waals surface area contributed by atoms with Gasteiger partial charge in [-0.25, -0.2) is 0 Å². The molecule has 0 atom stereocenters. The predicted octanol–water partition coefficient (Wildman–Crippen LogP) is 10.3. The normalized spacial score (nSPS) is 10.3. The topological polar surface area (TPSA) is 68.3 Å². The van der Waals surface area contributed by atoms with Gasteiger partial charge in [-0.3, -0.25) is 19.2 Å². The third-order valence-corrected chi connectivity index (χ3v) is 6.75. The van der Waals surface area contributed by atoms with Crippen LogP contribution in [0.25, 0.3) is 12.2 Å². The van der Waals surface area contributed by atoms with Crippen LogP contribution in [0.2, 0.25) is 0 Å². The number of hydrogen-bond acceptors (Lipinski definition) is 4. The maximum Gasteiger partial charge on any atom is 0.233 e. The molecule has 4 aromatic rings. The highest BCUT2D eigenvalue weighted by Crippen LogP contribution is 2.16. The molecule has 0 unspecified atom stereocenters. The molecular weight excluding hydrogens is 668 g/mol. The van der Waals surface area contributed by atoms with Gasteiger partial charge >= 0.3 is 0 Å². The van der Waals surface area contributed by atoms with E-state index in [0.29, 0.717) is 22.3 Å². The van der Waals surface area contributed by atoms with Gasteiger partial charge in [0.25, 0.3) is 0 Å². The van der Waals surface area contributed by atoms with Gasteiger partial charge in [-0.2, -0.15) is 0 Å². The highest BCUT2D eigenvalue weighted by Gasteiger charge is 2.19. The van der Waals surface area contributed by atoms with Crippen LogP contribution in [-0.4, -0.2) is 23.1 Å². The van der Waals surface area contributed by atoms with E-state index in [1.54, 1.807) is 78.9 Å². The molecule has 4 aromatic carbocycles. The number of allylic oxidation sites excluding steroid dienone is 3. The van der Waals surface area contributed by atoms with Crippen molar-refractivity contribution < 1.29 is 19.2 Å². The molecule has 4 rings (SSSR count). The molecule has 0 aliphatic heterocycles. The lowest BCUT2D eigenvalue weighted by Crippen LogP contribution is -2.14. The van der Waals surface area contributed by atoms with E-state index in [4.69, 9.17) is 0 Å². The number of halogens is 2. The number of Topliss-reactive ketones (excluding diaryl/α,β-unsaturated/α-hetero) is 4. The summed E-state index contributed by atoms with van der Waals surface area (Å²) in [6.07, 6.45) is 9.48. The second kappa shape index (κ2) is 18.3. The van der Waals surface area contributed by atoms with E-state index in [-0.39, 0.29) is 0 Å². The molecule has 0 amide bonds. The Morgan fingerprint density at radius 3 is 0.884 bits per heavy atom. The first-order valence-electron chi connectivity index (χ1n) is 13.4. The summed E-state index contributed by atoms with van der Waals surface area (Å²) < 4.78 is 1.74. The van der Waals surface area contributed by atoms with Gasteiger partial charge in [0.15, 0.2) is 0 Å².